The smallest absolute Gasteiger partial charge is 0.343 e. The van der Waals surface area contributed by atoms with Crippen LogP contribution in [0.1, 0.15) is 10.4 Å². The second-order valence-corrected chi connectivity index (χ2v) is 3.36. The summed E-state index contributed by atoms with van der Waals surface area (Å²) in [5, 5.41) is 0. The predicted octanol–water partition coefficient (Wildman–Crippen LogP) is 0.388. The summed E-state index contributed by atoms with van der Waals surface area (Å²) in [6.45, 7) is -0.351. The Morgan fingerprint density at radius 3 is 2.50 bits per heavy atom. The van der Waals surface area contributed by atoms with E-state index in [-0.39, 0.29) is 18.9 Å². The third-order valence-corrected chi connectivity index (χ3v) is 2.24. The SMILES string of the molecule is COC(=O)COc1cc(C(=O)CN)ccc1OC. The lowest BCUT2D eigenvalue weighted by molar-refractivity contribution is -0.142. The van der Waals surface area contributed by atoms with Gasteiger partial charge in [0, 0.05) is 5.56 Å². The summed E-state index contributed by atoms with van der Waals surface area (Å²) in [7, 11) is 2.72. The molecule has 0 spiro atoms. The number of hydrogen-bond acceptors (Lipinski definition) is 6. The minimum absolute atomic E-state index is 0.0945. The fourth-order valence-electron chi connectivity index (χ4n) is 1.28. The maximum atomic E-state index is 11.4. The fourth-order valence-corrected chi connectivity index (χ4v) is 1.28. The number of ether oxygens (including phenoxy) is 3. The molecule has 0 heterocycles. The third-order valence-electron chi connectivity index (χ3n) is 2.24. The zero-order valence-corrected chi connectivity index (χ0v) is 10.3. The van der Waals surface area contributed by atoms with Crippen molar-refractivity contribution in [2.75, 3.05) is 27.4 Å². The Hall–Kier alpha value is -2.08. The molecule has 0 saturated heterocycles. The Bertz CT molecular complexity index is 444. The molecule has 1 aromatic carbocycles. The molecule has 0 saturated carbocycles. The number of rotatable bonds is 6. The van der Waals surface area contributed by atoms with E-state index in [1.165, 1.54) is 20.3 Å². The van der Waals surface area contributed by atoms with Crippen LogP contribution in [0.2, 0.25) is 0 Å². The van der Waals surface area contributed by atoms with E-state index < -0.39 is 5.97 Å². The van der Waals surface area contributed by atoms with Crippen LogP contribution in [0.3, 0.4) is 0 Å². The number of hydrogen-bond donors (Lipinski definition) is 1. The largest absolute Gasteiger partial charge is 0.493 e. The van der Waals surface area contributed by atoms with Crippen molar-refractivity contribution in [1.29, 1.82) is 0 Å². The maximum Gasteiger partial charge on any atom is 0.343 e. The van der Waals surface area contributed by atoms with Crippen LogP contribution in [0.15, 0.2) is 18.2 Å². The highest BCUT2D eigenvalue weighted by atomic mass is 16.6. The van der Waals surface area contributed by atoms with Gasteiger partial charge in [-0.1, -0.05) is 0 Å². The highest BCUT2D eigenvalue weighted by Gasteiger charge is 2.11. The van der Waals surface area contributed by atoms with E-state index in [1.54, 1.807) is 12.1 Å². The first-order valence-electron chi connectivity index (χ1n) is 5.23. The summed E-state index contributed by atoms with van der Waals surface area (Å²) in [4.78, 5) is 22.4. The van der Waals surface area contributed by atoms with E-state index in [0.717, 1.165) is 0 Å². The number of benzene rings is 1. The summed E-state index contributed by atoms with van der Waals surface area (Å²) >= 11 is 0. The molecule has 0 radical (unpaired) electrons. The van der Waals surface area contributed by atoms with E-state index in [2.05, 4.69) is 4.74 Å². The summed E-state index contributed by atoms with van der Waals surface area (Å²) in [5.74, 6) is -0.0251. The van der Waals surface area contributed by atoms with Gasteiger partial charge in [-0.2, -0.15) is 0 Å². The number of carbonyl (C=O) groups excluding carboxylic acids is 2. The van der Waals surface area contributed by atoms with Crippen LogP contribution in [0.25, 0.3) is 0 Å². The van der Waals surface area contributed by atoms with Crippen molar-refractivity contribution >= 4 is 11.8 Å². The predicted molar refractivity (Wildman–Crippen MR) is 63.9 cm³/mol. The first-order chi connectivity index (χ1) is 8.62. The average Bonchev–Trinajstić information content (AvgIpc) is 2.43. The average molecular weight is 253 g/mol. The van der Waals surface area contributed by atoms with Gasteiger partial charge in [0.15, 0.2) is 23.9 Å². The third kappa shape index (κ3) is 3.46. The van der Waals surface area contributed by atoms with E-state index in [0.29, 0.717) is 17.1 Å². The molecule has 0 aliphatic rings. The molecule has 1 rings (SSSR count). The second kappa shape index (κ2) is 6.61. The lowest BCUT2D eigenvalue weighted by Gasteiger charge is -2.10. The number of methoxy groups -OCH3 is 2. The highest BCUT2D eigenvalue weighted by Crippen LogP contribution is 2.28. The zero-order chi connectivity index (χ0) is 13.5. The molecule has 0 bridgehead atoms. The van der Waals surface area contributed by atoms with Crippen LogP contribution in [-0.2, 0) is 9.53 Å². The van der Waals surface area contributed by atoms with Gasteiger partial charge in [-0.15, -0.1) is 0 Å². The van der Waals surface area contributed by atoms with Crippen LogP contribution in [0.4, 0.5) is 0 Å². The van der Waals surface area contributed by atoms with Crippen molar-refractivity contribution in [3.8, 4) is 11.5 Å². The van der Waals surface area contributed by atoms with Crippen LogP contribution in [0, 0.1) is 0 Å². The van der Waals surface area contributed by atoms with Gasteiger partial charge in [0.1, 0.15) is 0 Å². The number of ketones is 1. The van der Waals surface area contributed by atoms with Crippen molar-refractivity contribution in [3.63, 3.8) is 0 Å². The molecule has 0 unspecified atom stereocenters. The van der Waals surface area contributed by atoms with Crippen molar-refractivity contribution in [3.05, 3.63) is 23.8 Å². The highest BCUT2D eigenvalue weighted by molar-refractivity contribution is 5.98. The molecule has 0 aliphatic carbocycles. The topological polar surface area (TPSA) is 87.9 Å². The number of nitrogens with two attached hydrogens (primary N) is 1. The summed E-state index contributed by atoms with van der Waals surface area (Å²) in [5.41, 5.74) is 5.67. The molecule has 0 aliphatic heterocycles. The van der Waals surface area contributed by atoms with Crippen molar-refractivity contribution < 1.29 is 23.8 Å². The Morgan fingerprint density at radius 1 is 1.22 bits per heavy atom. The number of Topliss-reactive ketones (excluding diaryl/α,β-unsaturated/α-hetero) is 1. The monoisotopic (exact) mass is 253 g/mol. The van der Waals surface area contributed by atoms with E-state index in [9.17, 15) is 9.59 Å². The van der Waals surface area contributed by atoms with E-state index >= 15 is 0 Å². The lowest BCUT2D eigenvalue weighted by Crippen LogP contribution is -2.15. The molecule has 0 aromatic heterocycles. The molecule has 0 atom stereocenters. The standard InChI is InChI=1S/C12H15NO5/c1-16-10-4-3-8(9(14)6-13)5-11(10)18-7-12(15)17-2/h3-5H,6-7,13H2,1-2H3. The lowest BCUT2D eigenvalue weighted by atomic mass is 10.1. The van der Waals surface area contributed by atoms with Gasteiger partial charge < -0.3 is 19.9 Å². The van der Waals surface area contributed by atoms with Gasteiger partial charge in [0.25, 0.3) is 0 Å². The van der Waals surface area contributed by atoms with Crippen molar-refractivity contribution in [1.82, 2.24) is 0 Å². The van der Waals surface area contributed by atoms with E-state index in [4.69, 9.17) is 15.2 Å². The Morgan fingerprint density at radius 2 is 1.94 bits per heavy atom. The Labute approximate surface area is 105 Å². The Balaban J connectivity index is 2.91. The van der Waals surface area contributed by atoms with Crippen LogP contribution >= 0.6 is 0 Å². The fraction of sp³-hybridized carbons (Fsp3) is 0.333. The molecule has 98 valence electrons. The molecule has 0 fully saturated rings. The van der Waals surface area contributed by atoms with Gasteiger partial charge >= 0.3 is 5.97 Å². The first kappa shape index (κ1) is 14.0. The molecule has 2 N–H and O–H groups in total. The normalized spacial score (nSPS) is 9.72. The van der Waals surface area contributed by atoms with Crippen molar-refractivity contribution in [2.24, 2.45) is 5.73 Å². The molecule has 1 aromatic rings. The molecule has 18 heavy (non-hydrogen) atoms. The van der Waals surface area contributed by atoms with E-state index in [1.807, 2.05) is 0 Å². The first-order valence-corrected chi connectivity index (χ1v) is 5.23. The minimum Gasteiger partial charge on any atom is -0.493 e. The van der Waals surface area contributed by atoms with Gasteiger partial charge in [0.2, 0.25) is 0 Å². The summed E-state index contributed by atoms with van der Waals surface area (Å²) < 4.78 is 14.7. The molecule has 6 heteroatoms. The van der Waals surface area contributed by atoms with Gasteiger partial charge in [-0.25, -0.2) is 4.79 Å². The zero-order valence-electron chi connectivity index (χ0n) is 10.3. The van der Waals surface area contributed by atoms with Crippen LogP contribution in [0.5, 0.6) is 11.5 Å². The molecule has 0 amide bonds. The Kier molecular flexibility index (Phi) is 5.13. The van der Waals surface area contributed by atoms with Crippen LogP contribution in [-0.4, -0.2) is 39.1 Å². The van der Waals surface area contributed by atoms with Crippen LogP contribution < -0.4 is 15.2 Å². The van der Waals surface area contributed by atoms with Gasteiger partial charge in [0.05, 0.1) is 20.8 Å². The minimum atomic E-state index is -0.521. The molecular formula is C12H15NO5. The van der Waals surface area contributed by atoms with Gasteiger partial charge in [-0.05, 0) is 18.2 Å². The molecular weight excluding hydrogens is 238 g/mol. The maximum absolute atomic E-state index is 11.4. The summed E-state index contributed by atoms with van der Waals surface area (Å²) in [6, 6.07) is 4.64. The second-order valence-electron chi connectivity index (χ2n) is 3.36. The quantitative estimate of drug-likeness (QED) is 0.582. The summed E-state index contributed by atoms with van der Waals surface area (Å²) in [6.07, 6.45) is 0. The number of esters is 1. The number of carbonyl (C=O) groups is 2. The van der Waals surface area contributed by atoms with Crippen molar-refractivity contribution in [2.45, 2.75) is 0 Å². The molecule has 6 nitrogen and oxygen atoms in total. The van der Waals surface area contributed by atoms with Gasteiger partial charge in [-0.3, -0.25) is 4.79 Å².